The summed E-state index contributed by atoms with van der Waals surface area (Å²) in [6, 6.07) is 0. The Kier molecular flexibility index (Phi) is 3.47. The van der Waals surface area contributed by atoms with Crippen LogP contribution in [0.4, 0.5) is 0 Å². The summed E-state index contributed by atoms with van der Waals surface area (Å²) in [4.78, 5) is 0.335. The zero-order valence-corrected chi connectivity index (χ0v) is 9.50. The van der Waals surface area contributed by atoms with Crippen molar-refractivity contribution in [2.75, 3.05) is 12.3 Å². The predicted molar refractivity (Wildman–Crippen MR) is 57.5 cm³/mol. The number of hydrogen-bond acceptors (Lipinski definition) is 2. The van der Waals surface area contributed by atoms with E-state index in [4.69, 9.17) is 0 Å². The minimum Gasteiger partial charge on any atom is -0.303 e. The van der Waals surface area contributed by atoms with E-state index in [1.807, 2.05) is 0 Å². The molecule has 3 atom stereocenters. The number of nitrogens with one attached hydrogen (secondary N) is 1. The van der Waals surface area contributed by atoms with Crippen molar-refractivity contribution in [3.8, 4) is 0 Å². The minimum absolute atomic E-state index is 0.335. The van der Waals surface area contributed by atoms with Gasteiger partial charge in [0.25, 0.3) is 0 Å². The Hall–Kier alpha value is 0.310. The minimum atomic E-state index is 0.335. The molecule has 0 aromatic rings. The smallest absolute Gasteiger partial charge is 0.0642 e. The summed E-state index contributed by atoms with van der Waals surface area (Å²) >= 11 is 2.10. The first-order valence-electron chi connectivity index (χ1n) is 4.97. The van der Waals surface area contributed by atoms with Gasteiger partial charge < -0.3 is 5.32 Å². The Morgan fingerprint density at radius 1 is 1.67 bits per heavy atom. The molecule has 1 fully saturated rings. The molecule has 1 heterocycles. The molecule has 12 heavy (non-hydrogen) atoms. The van der Waals surface area contributed by atoms with Gasteiger partial charge in [-0.2, -0.15) is 0 Å². The normalized spacial score (nSPS) is 39.5. The van der Waals surface area contributed by atoms with E-state index in [9.17, 15) is 0 Å². The van der Waals surface area contributed by atoms with E-state index in [1.54, 1.807) is 0 Å². The Bertz CT molecular complexity index is 139. The Morgan fingerprint density at radius 3 is 2.75 bits per heavy atom. The number of rotatable bonds is 2. The van der Waals surface area contributed by atoms with Crippen molar-refractivity contribution in [3.05, 3.63) is 0 Å². The highest BCUT2D eigenvalue weighted by molar-refractivity contribution is 8.00. The first-order valence-corrected chi connectivity index (χ1v) is 5.96. The summed E-state index contributed by atoms with van der Waals surface area (Å²) in [6.07, 6.45) is 1.27. The van der Waals surface area contributed by atoms with Gasteiger partial charge in [0.2, 0.25) is 0 Å². The second-order valence-electron chi connectivity index (χ2n) is 4.21. The van der Waals surface area contributed by atoms with E-state index in [0.29, 0.717) is 4.87 Å². The monoisotopic (exact) mass is 187 g/mol. The molecule has 0 aromatic heterocycles. The summed E-state index contributed by atoms with van der Waals surface area (Å²) in [6.45, 7) is 10.5. The third kappa shape index (κ3) is 2.17. The highest BCUT2D eigenvalue weighted by atomic mass is 32.2. The van der Waals surface area contributed by atoms with Crippen LogP contribution in [0.5, 0.6) is 0 Å². The molecular formula is C10H21NS. The van der Waals surface area contributed by atoms with Crippen LogP contribution in [-0.4, -0.2) is 17.2 Å². The van der Waals surface area contributed by atoms with Gasteiger partial charge in [0.15, 0.2) is 0 Å². The van der Waals surface area contributed by atoms with Crippen LogP contribution in [0.1, 0.15) is 34.1 Å². The third-order valence-corrected chi connectivity index (χ3v) is 4.90. The molecule has 0 saturated carbocycles. The van der Waals surface area contributed by atoms with Crippen LogP contribution < -0.4 is 5.32 Å². The van der Waals surface area contributed by atoms with Crippen LogP contribution in [0.15, 0.2) is 0 Å². The van der Waals surface area contributed by atoms with Crippen molar-refractivity contribution in [1.29, 1.82) is 0 Å². The van der Waals surface area contributed by atoms with Crippen molar-refractivity contribution in [2.45, 2.75) is 39.0 Å². The zero-order valence-electron chi connectivity index (χ0n) is 8.68. The molecule has 0 amide bonds. The second-order valence-corrected chi connectivity index (χ2v) is 5.68. The first-order chi connectivity index (χ1) is 5.58. The lowest BCUT2D eigenvalue weighted by atomic mass is 9.99. The predicted octanol–water partition coefficient (Wildman–Crippen LogP) is 2.72. The Labute approximate surface area is 80.7 Å². The van der Waals surface area contributed by atoms with Crippen LogP contribution in [0.2, 0.25) is 0 Å². The molecule has 1 N–H and O–H groups in total. The molecule has 1 aliphatic heterocycles. The van der Waals surface area contributed by atoms with Crippen molar-refractivity contribution in [2.24, 2.45) is 11.8 Å². The molecule has 0 aromatic carbocycles. The van der Waals surface area contributed by atoms with Gasteiger partial charge in [-0.25, -0.2) is 0 Å². The van der Waals surface area contributed by atoms with Crippen LogP contribution in [0, 0.1) is 11.8 Å². The van der Waals surface area contributed by atoms with E-state index in [1.165, 1.54) is 18.7 Å². The van der Waals surface area contributed by atoms with Gasteiger partial charge in [0, 0.05) is 0 Å². The van der Waals surface area contributed by atoms with Gasteiger partial charge in [-0.15, -0.1) is 11.8 Å². The molecule has 2 heteroatoms. The highest BCUT2D eigenvalue weighted by Gasteiger charge is 2.33. The zero-order chi connectivity index (χ0) is 9.19. The van der Waals surface area contributed by atoms with Crippen LogP contribution >= 0.6 is 11.8 Å². The summed E-state index contributed by atoms with van der Waals surface area (Å²) in [5.74, 6) is 2.93. The maximum atomic E-state index is 3.66. The van der Waals surface area contributed by atoms with Crippen LogP contribution in [0.25, 0.3) is 0 Å². The molecule has 1 aliphatic rings. The van der Waals surface area contributed by atoms with Crippen molar-refractivity contribution < 1.29 is 0 Å². The molecule has 0 radical (unpaired) electrons. The van der Waals surface area contributed by atoms with Gasteiger partial charge in [-0.1, -0.05) is 27.2 Å². The molecule has 3 unspecified atom stereocenters. The third-order valence-electron chi connectivity index (χ3n) is 3.02. The largest absolute Gasteiger partial charge is 0.303 e. The average Bonchev–Trinajstić information content (AvgIpc) is 2.09. The molecule has 72 valence electrons. The highest BCUT2D eigenvalue weighted by Crippen LogP contribution is 2.36. The van der Waals surface area contributed by atoms with Crippen molar-refractivity contribution >= 4 is 11.8 Å². The van der Waals surface area contributed by atoms with Gasteiger partial charge in [0.05, 0.1) is 4.87 Å². The molecular weight excluding hydrogens is 166 g/mol. The lowest BCUT2D eigenvalue weighted by Gasteiger charge is -2.41. The van der Waals surface area contributed by atoms with E-state index in [0.717, 1.165) is 11.8 Å². The summed E-state index contributed by atoms with van der Waals surface area (Å²) in [5, 5.41) is 3.66. The molecule has 1 saturated heterocycles. The van der Waals surface area contributed by atoms with Crippen molar-refractivity contribution in [3.63, 3.8) is 0 Å². The molecule has 0 bridgehead atoms. The maximum Gasteiger partial charge on any atom is 0.0642 e. The van der Waals surface area contributed by atoms with Crippen LogP contribution in [0.3, 0.4) is 0 Å². The lowest BCUT2D eigenvalue weighted by Crippen LogP contribution is -2.50. The van der Waals surface area contributed by atoms with Crippen LogP contribution in [-0.2, 0) is 0 Å². The van der Waals surface area contributed by atoms with Crippen molar-refractivity contribution in [1.82, 2.24) is 5.32 Å². The van der Waals surface area contributed by atoms with E-state index >= 15 is 0 Å². The Morgan fingerprint density at radius 2 is 2.33 bits per heavy atom. The first kappa shape index (κ1) is 10.4. The van der Waals surface area contributed by atoms with E-state index < -0.39 is 0 Å². The van der Waals surface area contributed by atoms with Gasteiger partial charge >= 0.3 is 0 Å². The second kappa shape index (κ2) is 4.01. The van der Waals surface area contributed by atoms with Gasteiger partial charge in [-0.05, 0) is 31.1 Å². The fourth-order valence-electron chi connectivity index (χ4n) is 1.51. The molecule has 1 nitrogen and oxygen atoms in total. The fraction of sp³-hybridized carbons (Fsp3) is 1.00. The molecule has 0 spiro atoms. The lowest BCUT2D eigenvalue weighted by molar-refractivity contribution is 0.324. The standard InChI is InChI=1S/C10H21NS/c1-5-9(3)10(4)11-6-8(2)7-12-10/h8-9,11H,5-7H2,1-4H3. The number of hydrogen-bond donors (Lipinski definition) is 1. The molecule has 0 aliphatic carbocycles. The molecule has 1 rings (SSSR count). The van der Waals surface area contributed by atoms with E-state index in [2.05, 4.69) is 44.8 Å². The van der Waals surface area contributed by atoms with E-state index in [-0.39, 0.29) is 0 Å². The van der Waals surface area contributed by atoms with Gasteiger partial charge in [0.1, 0.15) is 0 Å². The van der Waals surface area contributed by atoms with Gasteiger partial charge in [-0.3, -0.25) is 0 Å². The number of thioether (sulfide) groups is 1. The SMILES string of the molecule is CCC(C)C1(C)NCC(C)CS1. The summed E-state index contributed by atoms with van der Waals surface area (Å²) in [7, 11) is 0. The summed E-state index contributed by atoms with van der Waals surface area (Å²) < 4.78 is 0. The Balaban J connectivity index is 2.49. The fourth-order valence-corrected chi connectivity index (χ4v) is 2.89. The maximum absolute atomic E-state index is 3.66. The average molecular weight is 187 g/mol. The summed E-state index contributed by atoms with van der Waals surface area (Å²) in [5.41, 5.74) is 0. The quantitative estimate of drug-likeness (QED) is 0.713. The topological polar surface area (TPSA) is 12.0 Å².